The number of fused-ring (bicyclic) bond motifs is 1. The van der Waals surface area contributed by atoms with Crippen LogP contribution >= 0.6 is 0 Å². The minimum Gasteiger partial charge on any atom is -0.497 e. The zero-order chi connectivity index (χ0) is 21.6. The van der Waals surface area contributed by atoms with Crippen LogP contribution in [0.5, 0.6) is 5.75 Å². The lowest BCUT2D eigenvalue weighted by Crippen LogP contribution is -2.19. The first-order valence-corrected chi connectivity index (χ1v) is 10.2. The zero-order valence-electron chi connectivity index (χ0n) is 17.7. The number of ether oxygens (including phenoxy) is 1. The molecular weight excluding hydrogens is 386 g/mol. The molecule has 0 aliphatic rings. The summed E-state index contributed by atoms with van der Waals surface area (Å²) in [6.45, 7) is 2.88. The maximum absolute atomic E-state index is 12.3. The van der Waals surface area contributed by atoms with Crippen molar-refractivity contribution in [3.05, 3.63) is 101 Å². The molecule has 5 nitrogen and oxygen atoms in total. The molecule has 0 bridgehead atoms. The van der Waals surface area contributed by atoms with Crippen LogP contribution < -0.4 is 10.2 Å². The van der Waals surface area contributed by atoms with Crippen molar-refractivity contribution in [2.45, 2.75) is 19.9 Å². The van der Waals surface area contributed by atoms with Crippen LogP contribution in [0.3, 0.4) is 0 Å². The second-order valence-corrected chi connectivity index (χ2v) is 7.54. The van der Waals surface area contributed by atoms with Crippen LogP contribution in [0, 0.1) is 6.92 Å². The topological polar surface area (TPSA) is 55.6 Å². The number of carbonyl (C=O) groups excluding carboxylic acids is 1. The Hall–Kier alpha value is -3.86. The Labute approximate surface area is 182 Å². The van der Waals surface area contributed by atoms with Crippen molar-refractivity contribution in [2.24, 2.45) is 5.10 Å². The minimum atomic E-state index is -0.173. The van der Waals surface area contributed by atoms with Crippen molar-refractivity contribution >= 4 is 23.0 Å². The molecule has 0 saturated carbocycles. The third-order valence-corrected chi connectivity index (χ3v) is 5.15. The van der Waals surface area contributed by atoms with Crippen LogP contribution in [0.4, 0.5) is 0 Å². The summed E-state index contributed by atoms with van der Waals surface area (Å²) in [6.07, 6.45) is 4.02. The second-order valence-electron chi connectivity index (χ2n) is 7.54. The van der Waals surface area contributed by atoms with Crippen LogP contribution in [0.2, 0.25) is 0 Å². The number of benzene rings is 3. The Morgan fingerprint density at radius 1 is 1.03 bits per heavy atom. The average Bonchev–Trinajstić information content (AvgIpc) is 3.11. The molecule has 4 rings (SSSR count). The third-order valence-electron chi connectivity index (χ3n) is 5.15. The molecule has 0 unspecified atom stereocenters. The maximum atomic E-state index is 12.3. The number of nitrogens with one attached hydrogen (secondary N) is 1. The van der Waals surface area contributed by atoms with Crippen LogP contribution in [0.25, 0.3) is 10.9 Å². The van der Waals surface area contributed by atoms with E-state index in [0.717, 1.165) is 34.3 Å². The molecule has 0 saturated heterocycles. The number of aryl methyl sites for hydroxylation is 1. The monoisotopic (exact) mass is 411 g/mol. The van der Waals surface area contributed by atoms with Crippen molar-refractivity contribution in [1.29, 1.82) is 0 Å². The first kappa shape index (κ1) is 20.4. The number of amides is 1. The van der Waals surface area contributed by atoms with Crippen molar-refractivity contribution in [3.63, 3.8) is 0 Å². The molecule has 1 amide bonds. The number of methoxy groups -OCH3 is 1. The second kappa shape index (κ2) is 9.30. The van der Waals surface area contributed by atoms with E-state index < -0.39 is 0 Å². The van der Waals surface area contributed by atoms with Crippen molar-refractivity contribution < 1.29 is 9.53 Å². The Morgan fingerprint density at radius 3 is 2.68 bits per heavy atom. The van der Waals surface area contributed by atoms with Crippen molar-refractivity contribution in [3.8, 4) is 5.75 Å². The quantitative estimate of drug-likeness (QED) is 0.354. The molecule has 156 valence electrons. The smallest absolute Gasteiger partial charge is 0.244 e. The largest absolute Gasteiger partial charge is 0.497 e. The first-order chi connectivity index (χ1) is 15.1. The molecule has 0 fully saturated rings. The lowest BCUT2D eigenvalue weighted by molar-refractivity contribution is -0.120. The standard InChI is InChI=1S/C26H25N3O2/c1-19-7-5-9-21(13-19)17-29-18-22(24-11-3-4-12-25(24)29)16-27-28-26(30)15-20-8-6-10-23(14-20)31-2/h3-14,16,18H,15,17H2,1-2H3,(H,28,30)/b27-16+. The Bertz CT molecular complexity index is 1240. The highest BCUT2D eigenvalue weighted by Gasteiger charge is 2.08. The number of hydrogen-bond acceptors (Lipinski definition) is 3. The van der Waals surface area contributed by atoms with E-state index >= 15 is 0 Å². The molecule has 0 aliphatic heterocycles. The number of nitrogens with zero attached hydrogens (tertiary/aromatic N) is 2. The van der Waals surface area contributed by atoms with E-state index in [2.05, 4.69) is 64.6 Å². The SMILES string of the molecule is COc1cccc(CC(=O)N/N=C/c2cn(Cc3cccc(C)c3)c3ccccc23)c1. The number of para-hydroxylation sites is 1. The van der Waals surface area contributed by atoms with Gasteiger partial charge in [0.1, 0.15) is 5.75 Å². The fraction of sp³-hybridized carbons (Fsp3) is 0.154. The molecular formula is C26H25N3O2. The summed E-state index contributed by atoms with van der Waals surface area (Å²) < 4.78 is 7.42. The number of rotatable bonds is 7. The van der Waals surface area contributed by atoms with Gasteiger partial charge in [-0.25, -0.2) is 5.43 Å². The molecule has 3 aromatic carbocycles. The number of hydrazone groups is 1. The summed E-state index contributed by atoms with van der Waals surface area (Å²) >= 11 is 0. The molecule has 31 heavy (non-hydrogen) atoms. The lowest BCUT2D eigenvalue weighted by Gasteiger charge is -2.06. The van der Waals surface area contributed by atoms with Gasteiger partial charge in [0.2, 0.25) is 5.91 Å². The number of hydrogen-bond donors (Lipinski definition) is 1. The van der Waals surface area contributed by atoms with Gasteiger partial charge in [-0.15, -0.1) is 0 Å². The summed E-state index contributed by atoms with van der Waals surface area (Å²) in [5.41, 5.74) is 8.09. The van der Waals surface area contributed by atoms with E-state index in [1.807, 2.05) is 36.4 Å². The fourth-order valence-corrected chi connectivity index (χ4v) is 3.70. The average molecular weight is 412 g/mol. The van der Waals surface area contributed by atoms with E-state index in [9.17, 15) is 4.79 Å². The van der Waals surface area contributed by atoms with Gasteiger partial charge < -0.3 is 9.30 Å². The van der Waals surface area contributed by atoms with Crippen molar-refractivity contribution in [1.82, 2.24) is 9.99 Å². The highest BCUT2D eigenvalue weighted by molar-refractivity contribution is 5.99. The van der Waals surface area contributed by atoms with Crippen molar-refractivity contribution in [2.75, 3.05) is 7.11 Å². The van der Waals surface area contributed by atoms with Gasteiger partial charge in [0.05, 0.1) is 19.7 Å². The normalized spacial score (nSPS) is 11.2. The van der Waals surface area contributed by atoms with Gasteiger partial charge in [0, 0.05) is 29.2 Å². The van der Waals surface area contributed by atoms with Gasteiger partial charge in [-0.1, -0.05) is 60.2 Å². The van der Waals surface area contributed by atoms with E-state index in [1.165, 1.54) is 11.1 Å². The number of aromatic nitrogens is 1. The summed E-state index contributed by atoms with van der Waals surface area (Å²) in [6, 6.07) is 24.2. The third kappa shape index (κ3) is 5.01. The highest BCUT2D eigenvalue weighted by Crippen LogP contribution is 2.21. The van der Waals surface area contributed by atoms with Gasteiger partial charge in [-0.3, -0.25) is 4.79 Å². The summed E-state index contributed by atoms with van der Waals surface area (Å²) in [4.78, 5) is 12.3. The van der Waals surface area contributed by atoms with Gasteiger partial charge in [0.25, 0.3) is 0 Å². The minimum absolute atomic E-state index is 0.173. The molecule has 1 aromatic heterocycles. The van der Waals surface area contributed by atoms with E-state index in [4.69, 9.17) is 4.74 Å². The Balaban J connectivity index is 1.49. The zero-order valence-corrected chi connectivity index (χ0v) is 17.7. The highest BCUT2D eigenvalue weighted by atomic mass is 16.5. The Kier molecular flexibility index (Phi) is 6.13. The van der Waals surface area contributed by atoms with E-state index in [1.54, 1.807) is 13.3 Å². The molecule has 0 radical (unpaired) electrons. The first-order valence-electron chi connectivity index (χ1n) is 10.2. The van der Waals surface area contributed by atoms with E-state index in [0.29, 0.717) is 0 Å². The molecule has 5 heteroatoms. The van der Waals surface area contributed by atoms with Gasteiger partial charge in [-0.2, -0.15) is 5.10 Å². The van der Waals surface area contributed by atoms with Gasteiger partial charge in [-0.05, 0) is 36.2 Å². The maximum Gasteiger partial charge on any atom is 0.244 e. The predicted molar refractivity (Wildman–Crippen MR) is 125 cm³/mol. The fourth-order valence-electron chi connectivity index (χ4n) is 3.70. The molecule has 0 spiro atoms. The van der Waals surface area contributed by atoms with Crippen LogP contribution in [-0.4, -0.2) is 23.8 Å². The van der Waals surface area contributed by atoms with Gasteiger partial charge >= 0.3 is 0 Å². The van der Waals surface area contributed by atoms with E-state index in [-0.39, 0.29) is 12.3 Å². The van der Waals surface area contributed by atoms with Crippen LogP contribution in [-0.2, 0) is 17.8 Å². The predicted octanol–water partition coefficient (Wildman–Crippen LogP) is 4.70. The molecule has 1 heterocycles. The Morgan fingerprint density at radius 2 is 1.84 bits per heavy atom. The van der Waals surface area contributed by atoms with Crippen LogP contribution in [0.15, 0.2) is 84.1 Å². The molecule has 0 aliphatic carbocycles. The molecule has 4 aromatic rings. The summed E-state index contributed by atoms with van der Waals surface area (Å²) in [5.74, 6) is 0.559. The number of carbonyl (C=O) groups is 1. The summed E-state index contributed by atoms with van der Waals surface area (Å²) in [7, 11) is 1.61. The van der Waals surface area contributed by atoms with Crippen LogP contribution in [0.1, 0.15) is 22.3 Å². The molecule has 1 N–H and O–H groups in total. The summed E-state index contributed by atoms with van der Waals surface area (Å²) in [5, 5.41) is 5.29. The molecule has 0 atom stereocenters. The lowest BCUT2D eigenvalue weighted by atomic mass is 10.1. The van der Waals surface area contributed by atoms with Gasteiger partial charge in [0.15, 0.2) is 0 Å².